The van der Waals surface area contributed by atoms with E-state index in [0.29, 0.717) is 19.5 Å². The summed E-state index contributed by atoms with van der Waals surface area (Å²) in [6.07, 6.45) is 3.46. The van der Waals surface area contributed by atoms with E-state index >= 15 is 0 Å². The molecule has 0 radical (unpaired) electrons. The molecule has 0 aliphatic rings. The van der Waals surface area contributed by atoms with Gasteiger partial charge in [-0.15, -0.1) is 11.3 Å². The van der Waals surface area contributed by atoms with Gasteiger partial charge in [0, 0.05) is 11.3 Å². The third kappa shape index (κ3) is 5.74. The van der Waals surface area contributed by atoms with Crippen molar-refractivity contribution in [1.29, 1.82) is 0 Å². The van der Waals surface area contributed by atoms with Gasteiger partial charge in [-0.3, -0.25) is 4.79 Å². The van der Waals surface area contributed by atoms with Gasteiger partial charge in [0.05, 0.1) is 6.54 Å². The van der Waals surface area contributed by atoms with Crippen molar-refractivity contribution < 1.29 is 4.79 Å². The van der Waals surface area contributed by atoms with Crippen LogP contribution in [0.5, 0.6) is 0 Å². The summed E-state index contributed by atoms with van der Waals surface area (Å²) in [5.74, 6) is 0.139. The van der Waals surface area contributed by atoms with Gasteiger partial charge in [0.2, 0.25) is 5.91 Å². The van der Waals surface area contributed by atoms with E-state index in [1.165, 1.54) is 10.4 Å². The molecule has 0 fully saturated rings. The Balaban J connectivity index is 2.32. The van der Waals surface area contributed by atoms with E-state index in [2.05, 4.69) is 37.5 Å². The van der Waals surface area contributed by atoms with Gasteiger partial charge in [-0.2, -0.15) is 0 Å². The molecular formula is C15H26N2OS. The Morgan fingerprint density at radius 2 is 2.16 bits per heavy atom. The van der Waals surface area contributed by atoms with Gasteiger partial charge >= 0.3 is 0 Å². The van der Waals surface area contributed by atoms with E-state index in [-0.39, 0.29) is 11.3 Å². The number of nitrogens with one attached hydrogen (secondary N) is 1. The van der Waals surface area contributed by atoms with Crippen molar-refractivity contribution in [2.75, 3.05) is 6.54 Å². The number of amides is 1. The zero-order chi connectivity index (χ0) is 14.3. The van der Waals surface area contributed by atoms with Gasteiger partial charge < -0.3 is 11.1 Å². The number of thiophene rings is 1. The van der Waals surface area contributed by atoms with Crippen molar-refractivity contribution in [1.82, 2.24) is 5.32 Å². The Bertz CT molecular complexity index is 399. The minimum absolute atomic E-state index is 0.139. The summed E-state index contributed by atoms with van der Waals surface area (Å²) in [5, 5.41) is 5.10. The van der Waals surface area contributed by atoms with Crippen LogP contribution in [0.25, 0.3) is 0 Å². The van der Waals surface area contributed by atoms with Crippen LogP contribution in [0, 0.1) is 5.41 Å². The lowest BCUT2D eigenvalue weighted by molar-refractivity contribution is -0.121. The van der Waals surface area contributed by atoms with E-state index in [0.717, 1.165) is 19.3 Å². The van der Waals surface area contributed by atoms with Gasteiger partial charge in [0.25, 0.3) is 0 Å². The molecule has 0 aliphatic heterocycles. The van der Waals surface area contributed by atoms with Crippen LogP contribution in [-0.2, 0) is 17.8 Å². The quantitative estimate of drug-likeness (QED) is 0.770. The molecule has 1 rings (SSSR count). The molecule has 108 valence electrons. The zero-order valence-electron chi connectivity index (χ0n) is 12.3. The predicted octanol–water partition coefficient (Wildman–Crippen LogP) is 3.08. The number of aryl methyl sites for hydroxylation is 1. The molecule has 0 aliphatic carbocycles. The normalized spacial score (nSPS) is 11.6. The summed E-state index contributed by atoms with van der Waals surface area (Å²) in [5.41, 5.74) is 7.07. The first-order valence-corrected chi connectivity index (χ1v) is 7.88. The van der Waals surface area contributed by atoms with E-state index in [1.807, 2.05) is 0 Å². The van der Waals surface area contributed by atoms with Crippen molar-refractivity contribution in [3.8, 4) is 0 Å². The average molecular weight is 282 g/mol. The molecule has 0 bridgehead atoms. The van der Waals surface area contributed by atoms with Crippen LogP contribution in [0.4, 0.5) is 0 Å². The number of hydrogen-bond acceptors (Lipinski definition) is 3. The smallest absolute Gasteiger partial charge is 0.220 e. The highest BCUT2D eigenvalue weighted by atomic mass is 32.1. The van der Waals surface area contributed by atoms with E-state index in [1.54, 1.807) is 11.3 Å². The lowest BCUT2D eigenvalue weighted by Gasteiger charge is -2.23. The van der Waals surface area contributed by atoms with Crippen LogP contribution in [0.15, 0.2) is 11.4 Å². The number of carbonyl (C=O) groups excluding carboxylic acids is 1. The molecule has 0 unspecified atom stereocenters. The maximum absolute atomic E-state index is 11.9. The molecule has 3 N–H and O–H groups in total. The summed E-state index contributed by atoms with van der Waals surface area (Å²) in [6, 6.07) is 2.14. The highest BCUT2D eigenvalue weighted by molar-refractivity contribution is 7.10. The van der Waals surface area contributed by atoms with Crippen LogP contribution in [0.3, 0.4) is 0 Å². The highest BCUT2D eigenvalue weighted by Crippen LogP contribution is 2.25. The number of carbonyl (C=O) groups is 1. The summed E-state index contributed by atoms with van der Waals surface area (Å²) in [6.45, 7) is 7.83. The van der Waals surface area contributed by atoms with Gasteiger partial charge in [-0.25, -0.2) is 0 Å². The lowest BCUT2D eigenvalue weighted by Crippen LogP contribution is -2.25. The highest BCUT2D eigenvalue weighted by Gasteiger charge is 2.18. The topological polar surface area (TPSA) is 55.1 Å². The molecule has 0 spiro atoms. The Kier molecular flexibility index (Phi) is 6.52. The van der Waals surface area contributed by atoms with Crippen molar-refractivity contribution in [2.45, 2.75) is 53.0 Å². The van der Waals surface area contributed by atoms with Crippen molar-refractivity contribution in [3.63, 3.8) is 0 Å². The van der Waals surface area contributed by atoms with E-state index in [4.69, 9.17) is 5.73 Å². The standard InChI is InChI=1S/C15H26N2OS/c1-4-12-6-10-19-13(12)11-17-14(18)5-7-15(2,3)8-9-16/h6,10H,4-5,7-9,11,16H2,1-3H3,(H,17,18). The van der Waals surface area contributed by atoms with Crippen molar-refractivity contribution >= 4 is 17.2 Å². The van der Waals surface area contributed by atoms with E-state index in [9.17, 15) is 4.79 Å². The third-order valence-corrected chi connectivity index (χ3v) is 4.48. The van der Waals surface area contributed by atoms with Crippen LogP contribution in [-0.4, -0.2) is 12.5 Å². The molecule has 1 aromatic heterocycles. The molecule has 1 amide bonds. The molecule has 1 aromatic rings. The number of nitrogens with two attached hydrogens (primary N) is 1. The summed E-state index contributed by atoms with van der Waals surface area (Å²) < 4.78 is 0. The molecule has 0 aromatic carbocycles. The second kappa shape index (κ2) is 7.65. The predicted molar refractivity (Wildman–Crippen MR) is 82.2 cm³/mol. The fourth-order valence-electron chi connectivity index (χ4n) is 2.07. The summed E-state index contributed by atoms with van der Waals surface area (Å²) >= 11 is 1.72. The van der Waals surface area contributed by atoms with Crippen LogP contribution in [0.1, 0.15) is 50.5 Å². The first-order chi connectivity index (χ1) is 8.98. The van der Waals surface area contributed by atoms with Crippen LogP contribution < -0.4 is 11.1 Å². The average Bonchev–Trinajstić information content (AvgIpc) is 2.81. The Morgan fingerprint density at radius 1 is 1.42 bits per heavy atom. The maximum atomic E-state index is 11.9. The molecule has 0 saturated heterocycles. The lowest BCUT2D eigenvalue weighted by atomic mass is 9.84. The molecule has 0 saturated carbocycles. The molecule has 0 atom stereocenters. The zero-order valence-corrected chi connectivity index (χ0v) is 13.1. The maximum Gasteiger partial charge on any atom is 0.220 e. The molecule has 3 nitrogen and oxygen atoms in total. The van der Waals surface area contributed by atoms with Crippen molar-refractivity contribution in [3.05, 3.63) is 21.9 Å². The fraction of sp³-hybridized carbons (Fsp3) is 0.667. The van der Waals surface area contributed by atoms with Gasteiger partial charge in [-0.05, 0) is 48.2 Å². The van der Waals surface area contributed by atoms with Gasteiger partial charge in [0.1, 0.15) is 0 Å². The van der Waals surface area contributed by atoms with Gasteiger partial charge in [0.15, 0.2) is 0 Å². The minimum atomic E-state index is 0.139. The number of hydrogen-bond donors (Lipinski definition) is 2. The summed E-state index contributed by atoms with van der Waals surface area (Å²) in [4.78, 5) is 13.1. The first kappa shape index (κ1) is 16.2. The number of rotatable bonds is 8. The second-order valence-electron chi connectivity index (χ2n) is 5.70. The molecular weight excluding hydrogens is 256 g/mol. The molecule has 1 heterocycles. The van der Waals surface area contributed by atoms with Gasteiger partial charge in [-0.1, -0.05) is 20.8 Å². The van der Waals surface area contributed by atoms with Crippen molar-refractivity contribution in [2.24, 2.45) is 11.1 Å². The molecule has 19 heavy (non-hydrogen) atoms. The Hall–Kier alpha value is -0.870. The monoisotopic (exact) mass is 282 g/mol. The Labute approximate surface area is 120 Å². The fourth-order valence-corrected chi connectivity index (χ4v) is 2.99. The SMILES string of the molecule is CCc1ccsc1CNC(=O)CCC(C)(C)CCN. The van der Waals surface area contributed by atoms with Crippen LogP contribution in [0.2, 0.25) is 0 Å². The molecule has 4 heteroatoms. The van der Waals surface area contributed by atoms with Crippen LogP contribution >= 0.6 is 11.3 Å². The summed E-state index contributed by atoms with van der Waals surface area (Å²) in [7, 11) is 0. The minimum Gasteiger partial charge on any atom is -0.351 e. The third-order valence-electron chi connectivity index (χ3n) is 3.51. The second-order valence-corrected chi connectivity index (χ2v) is 6.70. The first-order valence-electron chi connectivity index (χ1n) is 7.00. The Morgan fingerprint density at radius 3 is 2.79 bits per heavy atom. The van der Waals surface area contributed by atoms with E-state index < -0.39 is 0 Å². The largest absolute Gasteiger partial charge is 0.351 e.